The van der Waals surface area contributed by atoms with Crippen molar-refractivity contribution in [3.63, 3.8) is 0 Å². The number of imide groups is 1. The molecule has 0 aromatic heterocycles. The van der Waals surface area contributed by atoms with Gasteiger partial charge in [0.25, 0.3) is 5.91 Å². The van der Waals surface area contributed by atoms with Crippen molar-refractivity contribution in [1.29, 1.82) is 0 Å². The van der Waals surface area contributed by atoms with Crippen LogP contribution in [0.5, 0.6) is 0 Å². The fourth-order valence-electron chi connectivity index (χ4n) is 4.48. The zero-order chi connectivity index (χ0) is 23.3. The number of aryl methyl sites for hydroxylation is 1. The van der Waals surface area contributed by atoms with E-state index in [9.17, 15) is 9.59 Å². The number of amides is 2. The van der Waals surface area contributed by atoms with E-state index in [2.05, 4.69) is 0 Å². The zero-order valence-electron chi connectivity index (χ0n) is 18.6. The number of hydrogen-bond acceptors (Lipinski definition) is 5. The first kappa shape index (κ1) is 21.5. The predicted molar refractivity (Wildman–Crippen MR) is 129 cm³/mol. The molecule has 3 aromatic rings. The van der Waals surface area contributed by atoms with Gasteiger partial charge in [-0.05, 0) is 61.0 Å². The van der Waals surface area contributed by atoms with Gasteiger partial charge >= 0.3 is 0 Å². The zero-order valence-corrected chi connectivity index (χ0v) is 19.4. The predicted octanol–water partition coefficient (Wildman–Crippen LogP) is 4.77. The van der Waals surface area contributed by atoms with E-state index in [0.717, 1.165) is 22.5 Å². The van der Waals surface area contributed by atoms with E-state index in [1.807, 2.05) is 74.4 Å². The third-order valence-electron chi connectivity index (χ3n) is 6.24. The summed E-state index contributed by atoms with van der Waals surface area (Å²) in [5.74, 6) is -1.27. The topological polar surface area (TPSA) is 53.1 Å². The molecule has 2 aliphatic heterocycles. The molecule has 3 atom stereocenters. The highest BCUT2D eigenvalue weighted by molar-refractivity contribution is 6.30. The molecule has 33 heavy (non-hydrogen) atoms. The molecule has 0 N–H and O–H groups in total. The van der Waals surface area contributed by atoms with Gasteiger partial charge in [0, 0.05) is 24.8 Å². The second kappa shape index (κ2) is 8.21. The lowest BCUT2D eigenvalue weighted by atomic mass is 9.90. The molecule has 0 spiro atoms. The molecule has 2 fully saturated rings. The Morgan fingerprint density at radius 2 is 1.42 bits per heavy atom. The quantitative estimate of drug-likeness (QED) is 0.524. The lowest BCUT2D eigenvalue weighted by molar-refractivity contribution is -0.126. The highest BCUT2D eigenvalue weighted by atomic mass is 35.5. The fraction of sp³-hybridized carbons (Fsp3) is 0.231. The summed E-state index contributed by atoms with van der Waals surface area (Å²) in [7, 11) is 3.95. The van der Waals surface area contributed by atoms with Gasteiger partial charge in [0.2, 0.25) is 5.91 Å². The fourth-order valence-corrected chi connectivity index (χ4v) is 4.61. The molecule has 7 heteroatoms. The van der Waals surface area contributed by atoms with Crippen molar-refractivity contribution in [2.75, 3.05) is 29.0 Å². The summed E-state index contributed by atoms with van der Waals surface area (Å²) in [6, 6.07) is 22.1. The van der Waals surface area contributed by atoms with Crippen LogP contribution in [0.15, 0.2) is 72.8 Å². The van der Waals surface area contributed by atoms with Crippen LogP contribution in [-0.2, 0) is 14.4 Å². The summed E-state index contributed by atoms with van der Waals surface area (Å²) in [6.07, 6.45) is -0.895. The summed E-state index contributed by atoms with van der Waals surface area (Å²) < 4.78 is 0. The van der Waals surface area contributed by atoms with Crippen LogP contribution in [0.2, 0.25) is 5.02 Å². The molecule has 0 radical (unpaired) electrons. The third-order valence-corrected chi connectivity index (χ3v) is 6.49. The van der Waals surface area contributed by atoms with Crippen LogP contribution in [0, 0.1) is 12.8 Å². The van der Waals surface area contributed by atoms with Crippen molar-refractivity contribution in [2.45, 2.75) is 19.1 Å². The number of rotatable bonds is 4. The first-order chi connectivity index (χ1) is 15.8. The summed E-state index contributed by atoms with van der Waals surface area (Å²) in [6.45, 7) is 1.96. The van der Waals surface area contributed by atoms with Crippen molar-refractivity contribution in [3.05, 3.63) is 88.9 Å². The second-order valence-corrected chi connectivity index (χ2v) is 9.07. The molecule has 2 aliphatic rings. The van der Waals surface area contributed by atoms with E-state index in [1.165, 1.54) is 4.90 Å². The van der Waals surface area contributed by atoms with Gasteiger partial charge in [-0.1, -0.05) is 41.4 Å². The van der Waals surface area contributed by atoms with Crippen LogP contribution in [-0.4, -0.2) is 32.0 Å². The van der Waals surface area contributed by atoms with Gasteiger partial charge in [0.1, 0.15) is 5.92 Å². The maximum atomic E-state index is 13.6. The lowest BCUT2D eigenvalue weighted by Gasteiger charge is -2.29. The molecule has 3 aromatic carbocycles. The van der Waals surface area contributed by atoms with Crippen molar-refractivity contribution < 1.29 is 14.4 Å². The molecule has 0 bridgehead atoms. The molecule has 168 valence electrons. The van der Waals surface area contributed by atoms with Gasteiger partial charge < -0.3 is 4.90 Å². The Hall–Kier alpha value is -3.35. The Balaban J connectivity index is 1.57. The highest BCUT2D eigenvalue weighted by Crippen LogP contribution is 2.47. The smallest absolute Gasteiger partial charge is 0.266 e. The Morgan fingerprint density at radius 3 is 2.03 bits per heavy atom. The van der Waals surface area contributed by atoms with Crippen molar-refractivity contribution in [1.82, 2.24) is 0 Å². The number of hydroxylamine groups is 1. The van der Waals surface area contributed by atoms with E-state index in [0.29, 0.717) is 10.7 Å². The molecule has 5 rings (SSSR count). The maximum Gasteiger partial charge on any atom is 0.266 e. The van der Waals surface area contributed by atoms with Crippen LogP contribution < -0.4 is 14.9 Å². The van der Waals surface area contributed by atoms with Gasteiger partial charge in [0.05, 0.1) is 17.4 Å². The van der Waals surface area contributed by atoms with Crippen molar-refractivity contribution >= 4 is 40.5 Å². The molecule has 2 saturated heterocycles. The van der Waals surface area contributed by atoms with E-state index in [1.54, 1.807) is 29.3 Å². The minimum atomic E-state index is -0.895. The molecule has 0 aliphatic carbocycles. The van der Waals surface area contributed by atoms with Crippen LogP contribution in [0.25, 0.3) is 0 Å². The number of nitrogens with zero attached hydrogens (tertiary/aromatic N) is 3. The number of halogens is 1. The summed E-state index contributed by atoms with van der Waals surface area (Å²) in [5.41, 5.74) is 4.30. The molecule has 0 saturated carbocycles. The van der Waals surface area contributed by atoms with Gasteiger partial charge in [-0.25, -0.2) is 9.96 Å². The lowest BCUT2D eigenvalue weighted by Crippen LogP contribution is -2.37. The number of hydrogen-bond donors (Lipinski definition) is 0. The highest BCUT2D eigenvalue weighted by Gasteiger charge is 2.60. The largest absolute Gasteiger partial charge is 0.378 e. The first-order valence-electron chi connectivity index (χ1n) is 10.8. The minimum absolute atomic E-state index is 0.257. The SMILES string of the molecule is Cc1ccc(N2C(=O)[C@H]3[C@H](ON(c4ccc(Cl)cc4)[C@@H]3c3ccc(N(C)C)cc3)C2=O)cc1. The van der Waals surface area contributed by atoms with E-state index in [4.69, 9.17) is 16.4 Å². The number of fused-ring (bicyclic) bond motifs is 1. The number of carbonyl (C=O) groups is 2. The van der Waals surface area contributed by atoms with Crippen molar-refractivity contribution in [3.8, 4) is 0 Å². The van der Waals surface area contributed by atoms with E-state index < -0.39 is 18.1 Å². The summed E-state index contributed by atoms with van der Waals surface area (Å²) in [5, 5.41) is 2.28. The average Bonchev–Trinajstić information content (AvgIpc) is 3.31. The third kappa shape index (κ3) is 3.65. The molecular formula is C26H24ClN3O3. The first-order valence-corrected chi connectivity index (χ1v) is 11.2. The molecule has 2 heterocycles. The molecule has 0 unspecified atom stereocenters. The Morgan fingerprint density at radius 1 is 0.818 bits per heavy atom. The minimum Gasteiger partial charge on any atom is -0.378 e. The maximum absolute atomic E-state index is 13.6. The second-order valence-electron chi connectivity index (χ2n) is 8.63. The van der Waals surface area contributed by atoms with Gasteiger partial charge in [0.15, 0.2) is 6.10 Å². The molecular weight excluding hydrogens is 438 g/mol. The van der Waals surface area contributed by atoms with Crippen LogP contribution in [0.3, 0.4) is 0 Å². The van der Waals surface area contributed by atoms with Crippen LogP contribution in [0.4, 0.5) is 17.1 Å². The molecule has 6 nitrogen and oxygen atoms in total. The number of benzene rings is 3. The summed E-state index contributed by atoms with van der Waals surface area (Å²) >= 11 is 6.08. The van der Waals surface area contributed by atoms with Gasteiger partial charge in [-0.3, -0.25) is 14.4 Å². The van der Waals surface area contributed by atoms with E-state index >= 15 is 0 Å². The number of anilines is 3. The monoisotopic (exact) mass is 461 g/mol. The van der Waals surface area contributed by atoms with Gasteiger partial charge in [-0.2, -0.15) is 0 Å². The normalized spacial score (nSPS) is 22.1. The van der Waals surface area contributed by atoms with Gasteiger partial charge in [-0.15, -0.1) is 0 Å². The Kier molecular flexibility index (Phi) is 5.35. The Labute approximate surface area is 197 Å². The summed E-state index contributed by atoms with van der Waals surface area (Å²) in [4.78, 5) is 36.5. The standard InChI is InChI=1S/C26H24ClN3O3/c1-16-4-10-20(11-5-16)29-25(31)22-23(17-6-12-19(13-7-17)28(2)3)30(33-24(22)26(29)32)21-14-8-18(27)9-15-21/h4-15,22-24H,1-3H3/t22-,23-,24+/m1/s1. The number of carbonyl (C=O) groups excluding carboxylic acids is 2. The average molecular weight is 462 g/mol. The van der Waals surface area contributed by atoms with Crippen molar-refractivity contribution in [2.24, 2.45) is 5.92 Å². The van der Waals surface area contributed by atoms with E-state index in [-0.39, 0.29) is 11.8 Å². The van der Waals surface area contributed by atoms with Crippen LogP contribution >= 0.6 is 11.6 Å². The molecule has 2 amide bonds. The Bertz CT molecular complexity index is 1190. The van der Waals surface area contributed by atoms with Crippen LogP contribution in [0.1, 0.15) is 17.2 Å².